The molecule has 2 aromatic rings. The van der Waals surface area contributed by atoms with Crippen molar-refractivity contribution < 1.29 is 9.47 Å². The highest BCUT2D eigenvalue weighted by Crippen LogP contribution is 2.34. The van der Waals surface area contributed by atoms with E-state index in [1.54, 1.807) is 0 Å². The molecule has 160 valence electrons. The van der Waals surface area contributed by atoms with Gasteiger partial charge in [-0.05, 0) is 43.2 Å². The van der Waals surface area contributed by atoms with Gasteiger partial charge in [-0.2, -0.15) is 0 Å². The number of hydrogen-bond donors (Lipinski definition) is 2. The summed E-state index contributed by atoms with van der Waals surface area (Å²) in [6.45, 7) is 3.94. The van der Waals surface area contributed by atoms with Gasteiger partial charge in [0.15, 0.2) is 5.96 Å². The van der Waals surface area contributed by atoms with Crippen LogP contribution in [0.25, 0.3) is 0 Å². The van der Waals surface area contributed by atoms with Crippen molar-refractivity contribution in [2.45, 2.75) is 37.6 Å². The second-order valence-corrected chi connectivity index (χ2v) is 8.40. The number of nitrogens with one attached hydrogen (secondary N) is 2. The van der Waals surface area contributed by atoms with Gasteiger partial charge in [0.25, 0.3) is 0 Å². The molecule has 1 saturated carbocycles. The lowest BCUT2D eigenvalue weighted by Gasteiger charge is -2.38. The van der Waals surface area contributed by atoms with Crippen LogP contribution in [0.15, 0.2) is 59.6 Å². The molecular formula is C25H33N3O2. The van der Waals surface area contributed by atoms with Crippen LogP contribution in [0.4, 0.5) is 0 Å². The molecule has 5 nitrogen and oxygen atoms in total. The number of hydrogen-bond acceptors (Lipinski definition) is 3. The second kappa shape index (κ2) is 9.98. The van der Waals surface area contributed by atoms with Crippen molar-refractivity contribution in [1.82, 2.24) is 10.6 Å². The third kappa shape index (κ3) is 5.33. The fourth-order valence-corrected chi connectivity index (χ4v) is 4.06. The fourth-order valence-electron chi connectivity index (χ4n) is 4.06. The standard InChI is InChI=1S/C25H33N3O2/c1-26-24(27-17-21-7-5-6-10-23(21)30-18-20-11-12-20)28-19-25(13-15-29-16-14-25)22-8-3-2-4-9-22/h2-10,20H,11-19H2,1H3,(H2,26,27,28). The molecule has 0 atom stereocenters. The van der Waals surface area contributed by atoms with Crippen molar-refractivity contribution in [3.05, 3.63) is 65.7 Å². The third-order valence-electron chi connectivity index (χ3n) is 6.24. The van der Waals surface area contributed by atoms with Gasteiger partial charge in [-0.15, -0.1) is 0 Å². The van der Waals surface area contributed by atoms with Crippen molar-refractivity contribution in [3.63, 3.8) is 0 Å². The molecule has 2 N–H and O–H groups in total. The Morgan fingerprint density at radius 3 is 2.50 bits per heavy atom. The number of ether oxygens (including phenoxy) is 2. The molecule has 0 unspecified atom stereocenters. The summed E-state index contributed by atoms with van der Waals surface area (Å²) in [6.07, 6.45) is 4.62. The zero-order chi connectivity index (χ0) is 20.7. The molecular weight excluding hydrogens is 374 g/mol. The summed E-state index contributed by atoms with van der Waals surface area (Å²) in [4.78, 5) is 4.45. The first-order chi connectivity index (χ1) is 14.8. The summed E-state index contributed by atoms with van der Waals surface area (Å²) in [6, 6.07) is 19.1. The van der Waals surface area contributed by atoms with E-state index in [-0.39, 0.29) is 5.41 Å². The summed E-state index contributed by atoms with van der Waals surface area (Å²) in [5, 5.41) is 7.04. The van der Waals surface area contributed by atoms with Crippen molar-refractivity contribution in [3.8, 4) is 5.75 Å². The van der Waals surface area contributed by atoms with Gasteiger partial charge in [-0.3, -0.25) is 4.99 Å². The quantitative estimate of drug-likeness (QED) is 0.515. The van der Waals surface area contributed by atoms with Crippen LogP contribution in [-0.2, 0) is 16.7 Å². The van der Waals surface area contributed by atoms with Crippen LogP contribution in [0.1, 0.15) is 36.8 Å². The lowest BCUT2D eigenvalue weighted by Crippen LogP contribution is -2.47. The Morgan fingerprint density at radius 2 is 1.77 bits per heavy atom. The number of guanidine groups is 1. The van der Waals surface area contributed by atoms with E-state index in [0.717, 1.165) is 62.4 Å². The summed E-state index contributed by atoms with van der Waals surface area (Å²) in [7, 11) is 1.82. The summed E-state index contributed by atoms with van der Waals surface area (Å²) in [5.41, 5.74) is 2.60. The second-order valence-electron chi connectivity index (χ2n) is 8.40. The largest absolute Gasteiger partial charge is 0.493 e. The highest BCUT2D eigenvalue weighted by atomic mass is 16.5. The van der Waals surface area contributed by atoms with Crippen molar-refractivity contribution in [1.29, 1.82) is 0 Å². The molecule has 1 aliphatic heterocycles. The average Bonchev–Trinajstić information content (AvgIpc) is 3.64. The van der Waals surface area contributed by atoms with E-state index < -0.39 is 0 Å². The van der Waals surface area contributed by atoms with E-state index >= 15 is 0 Å². The normalized spacial score (nSPS) is 18.6. The maximum atomic E-state index is 6.04. The first-order valence-corrected chi connectivity index (χ1v) is 11.1. The van der Waals surface area contributed by atoms with E-state index in [1.165, 1.54) is 18.4 Å². The highest BCUT2D eigenvalue weighted by Gasteiger charge is 2.34. The number of benzene rings is 2. The molecule has 1 heterocycles. The molecule has 1 saturated heterocycles. The minimum absolute atomic E-state index is 0.0718. The van der Waals surface area contributed by atoms with Crippen LogP contribution >= 0.6 is 0 Å². The fraction of sp³-hybridized carbons (Fsp3) is 0.480. The highest BCUT2D eigenvalue weighted by molar-refractivity contribution is 5.79. The lowest BCUT2D eigenvalue weighted by atomic mass is 9.74. The van der Waals surface area contributed by atoms with Gasteiger partial charge in [0.2, 0.25) is 0 Å². The Kier molecular flexibility index (Phi) is 6.90. The van der Waals surface area contributed by atoms with Crippen LogP contribution in [-0.4, -0.2) is 39.4 Å². The SMILES string of the molecule is CN=C(NCc1ccccc1OCC1CC1)NCC1(c2ccccc2)CCOCC1. The Morgan fingerprint density at radius 1 is 1.03 bits per heavy atom. The molecule has 30 heavy (non-hydrogen) atoms. The molecule has 2 fully saturated rings. The average molecular weight is 408 g/mol. The lowest BCUT2D eigenvalue weighted by molar-refractivity contribution is 0.0514. The maximum Gasteiger partial charge on any atom is 0.191 e. The molecule has 0 amide bonds. The summed E-state index contributed by atoms with van der Waals surface area (Å²) < 4.78 is 11.7. The van der Waals surface area contributed by atoms with Gasteiger partial charge in [-0.1, -0.05) is 48.5 Å². The van der Waals surface area contributed by atoms with Crippen LogP contribution in [0.5, 0.6) is 5.75 Å². The molecule has 1 aliphatic carbocycles. The summed E-state index contributed by atoms with van der Waals surface area (Å²) >= 11 is 0. The minimum Gasteiger partial charge on any atom is -0.493 e. The maximum absolute atomic E-state index is 6.04. The van der Waals surface area contributed by atoms with E-state index in [1.807, 2.05) is 13.1 Å². The molecule has 0 bridgehead atoms. The van der Waals surface area contributed by atoms with E-state index in [4.69, 9.17) is 9.47 Å². The van der Waals surface area contributed by atoms with Crippen LogP contribution in [0.3, 0.4) is 0 Å². The Balaban J connectivity index is 1.36. The molecule has 4 rings (SSSR count). The van der Waals surface area contributed by atoms with Crippen molar-refractivity contribution in [2.75, 3.05) is 33.4 Å². The number of nitrogens with zero attached hydrogens (tertiary/aromatic N) is 1. The Hall–Kier alpha value is -2.53. The van der Waals surface area contributed by atoms with Gasteiger partial charge in [0.1, 0.15) is 5.75 Å². The summed E-state index contributed by atoms with van der Waals surface area (Å²) in [5.74, 6) is 2.53. The van der Waals surface area contributed by atoms with Crippen molar-refractivity contribution in [2.24, 2.45) is 10.9 Å². The van der Waals surface area contributed by atoms with Crippen LogP contribution < -0.4 is 15.4 Å². The van der Waals surface area contributed by atoms with Crippen LogP contribution in [0, 0.1) is 5.92 Å². The molecule has 2 aliphatic rings. The van der Waals surface area contributed by atoms with Crippen LogP contribution in [0.2, 0.25) is 0 Å². The molecule has 5 heteroatoms. The molecule has 2 aromatic carbocycles. The first-order valence-electron chi connectivity index (χ1n) is 11.1. The Bertz CT molecular complexity index is 827. The Labute approximate surface area is 179 Å². The smallest absolute Gasteiger partial charge is 0.191 e. The van der Waals surface area contributed by atoms with Gasteiger partial charge in [0, 0.05) is 44.3 Å². The monoisotopic (exact) mass is 407 g/mol. The number of aliphatic imine (C=N–C) groups is 1. The predicted molar refractivity (Wildman–Crippen MR) is 121 cm³/mol. The molecule has 0 aromatic heterocycles. The van der Waals surface area contributed by atoms with Crippen molar-refractivity contribution >= 4 is 5.96 Å². The molecule has 0 spiro atoms. The number of rotatable bonds is 8. The van der Waals surface area contributed by atoms with Gasteiger partial charge < -0.3 is 20.1 Å². The van der Waals surface area contributed by atoms with Gasteiger partial charge in [0.05, 0.1) is 6.61 Å². The topological polar surface area (TPSA) is 54.9 Å². The molecule has 0 radical (unpaired) electrons. The van der Waals surface area contributed by atoms with E-state index in [0.29, 0.717) is 6.54 Å². The zero-order valence-corrected chi connectivity index (χ0v) is 17.9. The third-order valence-corrected chi connectivity index (χ3v) is 6.24. The minimum atomic E-state index is 0.0718. The predicted octanol–water partition coefficient (Wildman–Crippen LogP) is 3.89. The van der Waals surface area contributed by atoms with Gasteiger partial charge in [-0.25, -0.2) is 0 Å². The van der Waals surface area contributed by atoms with E-state index in [2.05, 4.69) is 64.2 Å². The van der Waals surface area contributed by atoms with Gasteiger partial charge >= 0.3 is 0 Å². The zero-order valence-electron chi connectivity index (χ0n) is 17.9. The van der Waals surface area contributed by atoms with E-state index in [9.17, 15) is 0 Å². The number of para-hydroxylation sites is 1. The first kappa shape index (κ1) is 20.7.